The first kappa shape index (κ1) is 20.1. The number of nitrogens with one attached hydrogen (secondary N) is 2. The summed E-state index contributed by atoms with van der Waals surface area (Å²) in [5.74, 6) is 0.469. The highest BCUT2D eigenvalue weighted by Gasteiger charge is 2.29. The lowest BCUT2D eigenvalue weighted by atomic mass is 10.2. The fourth-order valence-corrected chi connectivity index (χ4v) is 3.33. The molecule has 0 bridgehead atoms. The van der Waals surface area contributed by atoms with Gasteiger partial charge in [-0.1, -0.05) is 12.1 Å². The van der Waals surface area contributed by atoms with E-state index in [2.05, 4.69) is 15.6 Å². The third-order valence-electron chi connectivity index (χ3n) is 5.12. The number of carbonyl (C=O) groups is 2. The van der Waals surface area contributed by atoms with E-state index in [1.165, 1.54) is 0 Å². The summed E-state index contributed by atoms with van der Waals surface area (Å²) in [7, 11) is 0. The first-order valence-electron chi connectivity index (χ1n) is 10.4. The number of amides is 2. The van der Waals surface area contributed by atoms with Gasteiger partial charge in [-0.3, -0.25) is 14.9 Å². The highest BCUT2D eigenvalue weighted by atomic mass is 16.5. The zero-order valence-corrected chi connectivity index (χ0v) is 17.1. The summed E-state index contributed by atoms with van der Waals surface area (Å²) in [4.78, 5) is 29.3. The number of hydrogen-bond acceptors (Lipinski definition) is 4. The van der Waals surface area contributed by atoms with Crippen molar-refractivity contribution in [1.82, 2.24) is 9.55 Å². The maximum absolute atomic E-state index is 12.8. The number of para-hydroxylation sites is 2. The Morgan fingerprint density at radius 1 is 1.10 bits per heavy atom. The van der Waals surface area contributed by atoms with Crippen LogP contribution in [0.3, 0.4) is 0 Å². The van der Waals surface area contributed by atoms with Gasteiger partial charge in [0.05, 0.1) is 11.0 Å². The van der Waals surface area contributed by atoms with Crippen molar-refractivity contribution in [2.75, 3.05) is 23.8 Å². The molecular formula is C23H26N4O3. The van der Waals surface area contributed by atoms with Crippen LogP contribution >= 0.6 is 0 Å². The molecular weight excluding hydrogens is 380 g/mol. The molecule has 7 heteroatoms. The van der Waals surface area contributed by atoms with Crippen LogP contribution in [0.5, 0.6) is 0 Å². The largest absolute Gasteiger partial charge is 0.382 e. The molecule has 4 rings (SSSR count). The summed E-state index contributed by atoms with van der Waals surface area (Å²) >= 11 is 0. The number of aryl methyl sites for hydroxylation is 1. The highest BCUT2D eigenvalue weighted by Crippen LogP contribution is 2.30. The lowest BCUT2D eigenvalue weighted by Crippen LogP contribution is -2.17. The lowest BCUT2D eigenvalue weighted by Gasteiger charge is -2.11. The zero-order valence-electron chi connectivity index (χ0n) is 17.1. The zero-order chi connectivity index (χ0) is 20.9. The molecule has 1 aliphatic rings. The SMILES string of the molecule is CCOCCCn1c(NC(=O)c2ccc(NC(=O)C3CC3)cc2)nc2ccccc21. The quantitative estimate of drug-likeness (QED) is 0.525. The molecule has 3 aromatic rings. The molecule has 7 nitrogen and oxygen atoms in total. The van der Waals surface area contributed by atoms with E-state index in [1.807, 2.05) is 35.8 Å². The van der Waals surface area contributed by atoms with E-state index in [4.69, 9.17) is 4.74 Å². The second-order valence-corrected chi connectivity index (χ2v) is 7.42. The molecule has 1 saturated carbocycles. The second-order valence-electron chi connectivity index (χ2n) is 7.42. The minimum Gasteiger partial charge on any atom is -0.382 e. The fraction of sp³-hybridized carbons (Fsp3) is 0.348. The maximum Gasteiger partial charge on any atom is 0.257 e. The molecule has 1 aliphatic carbocycles. The first-order valence-corrected chi connectivity index (χ1v) is 10.4. The van der Waals surface area contributed by atoms with E-state index in [0.29, 0.717) is 37.0 Å². The van der Waals surface area contributed by atoms with Gasteiger partial charge in [-0.25, -0.2) is 4.98 Å². The van der Waals surface area contributed by atoms with E-state index in [9.17, 15) is 9.59 Å². The van der Waals surface area contributed by atoms with Gasteiger partial charge in [0.2, 0.25) is 11.9 Å². The molecule has 0 unspecified atom stereocenters. The summed E-state index contributed by atoms with van der Waals surface area (Å²) in [6, 6.07) is 14.7. The lowest BCUT2D eigenvalue weighted by molar-refractivity contribution is -0.117. The molecule has 2 amide bonds. The number of benzene rings is 2. The van der Waals surface area contributed by atoms with Gasteiger partial charge >= 0.3 is 0 Å². The van der Waals surface area contributed by atoms with Crippen molar-refractivity contribution in [2.24, 2.45) is 5.92 Å². The van der Waals surface area contributed by atoms with Gasteiger partial charge in [-0.2, -0.15) is 0 Å². The smallest absolute Gasteiger partial charge is 0.257 e. The van der Waals surface area contributed by atoms with Gasteiger partial charge in [0.1, 0.15) is 0 Å². The Labute approximate surface area is 175 Å². The van der Waals surface area contributed by atoms with Crippen LogP contribution in [0.25, 0.3) is 11.0 Å². The Hall–Kier alpha value is -3.19. The van der Waals surface area contributed by atoms with E-state index >= 15 is 0 Å². The van der Waals surface area contributed by atoms with Gasteiger partial charge in [-0.15, -0.1) is 0 Å². The topological polar surface area (TPSA) is 85.2 Å². The third kappa shape index (κ3) is 4.68. The van der Waals surface area contributed by atoms with Crippen LogP contribution < -0.4 is 10.6 Å². The molecule has 1 heterocycles. The Morgan fingerprint density at radius 3 is 2.60 bits per heavy atom. The van der Waals surface area contributed by atoms with E-state index in [1.54, 1.807) is 24.3 Å². The molecule has 0 radical (unpaired) electrons. The van der Waals surface area contributed by atoms with Crippen LogP contribution in [0, 0.1) is 5.92 Å². The van der Waals surface area contributed by atoms with Crippen LogP contribution in [0.1, 0.15) is 36.5 Å². The summed E-state index contributed by atoms with van der Waals surface area (Å²) in [6.07, 6.45) is 2.74. The highest BCUT2D eigenvalue weighted by molar-refractivity contribution is 6.04. The van der Waals surface area contributed by atoms with Gasteiger partial charge in [0, 0.05) is 36.9 Å². The van der Waals surface area contributed by atoms with Crippen LogP contribution in [-0.4, -0.2) is 34.6 Å². The Balaban J connectivity index is 1.47. The van der Waals surface area contributed by atoms with Crippen molar-refractivity contribution in [3.63, 3.8) is 0 Å². The molecule has 0 atom stereocenters. The number of imidazole rings is 1. The van der Waals surface area contributed by atoms with Crippen LogP contribution in [0.15, 0.2) is 48.5 Å². The average Bonchev–Trinajstić information content (AvgIpc) is 3.55. The predicted octanol–water partition coefficient (Wildman–Crippen LogP) is 4.06. The van der Waals surface area contributed by atoms with Gasteiger partial charge < -0.3 is 14.6 Å². The van der Waals surface area contributed by atoms with E-state index < -0.39 is 0 Å². The molecule has 156 valence electrons. The molecule has 1 fully saturated rings. The minimum absolute atomic E-state index is 0.0490. The number of carbonyl (C=O) groups excluding carboxylic acids is 2. The van der Waals surface area contributed by atoms with Crippen molar-refractivity contribution in [3.05, 3.63) is 54.1 Å². The van der Waals surface area contributed by atoms with Gasteiger partial charge in [0.25, 0.3) is 5.91 Å². The van der Waals surface area contributed by atoms with Crippen LogP contribution in [0.2, 0.25) is 0 Å². The Morgan fingerprint density at radius 2 is 1.87 bits per heavy atom. The number of anilines is 2. The molecule has 1 aromatic heterocycles. The van der Waals surface area contributed by atoms with Crippen LogP contribution in [-0.2, 0) is 16.1 Å². The Kier molecular flexibility index (Phi) is 6.09. The molecule has 0 aliphatic heterocycles. The van der Waals surface area contributed by atoms with E-state index in [0.717, 1.165) is 30.3 Å². The number of nitrogens with zero attached hydrogens (tertiary/aromatic N) is 2. The molecule has 2 N–H and O–H groups in total. The number of fused-ring (bicyclic) bond motifs is 1. The van der Waals surface area contributed by atoms with Crippen molar-refractivity contribution < 1.29 is 14.3 Å². The van der Waals surface area contributed by atoms with Gasteiger partial charge in [0.15, 0.2) is 0 Å². The monoisotopic (exact) mass is 406 g/mol. The number of ether oxygens (including phenoxy) is 1. The van der Waals surface area contributed by atoms with Gasteiger partial charge in [-0.05, 0) is 62.6 Å². The normalized spacial score (nSPS) is 13.4. The molecule has 2 aromatic carbocycles. The Bertz CT molecular complexity index is 1040. The molecule has 30 heavy (non-hydrogen) atoms. The average molecular weight is 406 g/mol. The summed E-state index contributed by atoms with van der Waals surface area (Å²) in [5, 5.41) is 5.81. The van der Waals surface area contributed by atoms with Crippen molar-refractivity contribution in [1.29, 1.82) is 0 Å². The molecule has 0 saturated heterocycles. The molecule has 0 spiro atoms. The summed E-state index contributed by atoms with van der Waals surface area (Å²) in [6.45, 7) is 4.01. The van der Waals surface area contributed by atoms with Crippen molar-refractivity contribution in [2.45, 2.75) is 32.7 Å². The predicted molar refractivity (Wildman–Crippen MR) is 117 cm³/mol. The fourth-order valence-electron chi connectivity index (χ4n) is 3.33. The maximum atomic E-state index is 12.8. The van der Waals surface area contributed by atoms with E-state index in [-0.39, 0.29) is 17.7 Å². The van der Waals surface area contributed by atoms with Crippen molar-refractivity contribution >= 4 is 34.5 Å². The number of aromatic nitrogens is 2. The number of hydrogen-bond donors (Lipinski definition) is 2. The summed E-state index contributed by atoms with van der Waals surface area (Å²) < 4.78 is 7.45. The second kappa shape index (κ2) is 9.09. The third-order valence-corrected chi connectivity index (χ3v) is 5.12. The minimum atomic E-state index is -0.239. The van der Waals surface area contributed by atoms with Crippen molar-refractivity contribution in [3.8, 4) is 0 Å². The van der Waals surface area contributed by atoms with Crippen LogP contribution in [0.4, 0.5) is 11.6 Å². The summed E-state index contributed by atoms with van der Waals surface area (Å²) in [5.41, 5.74) is 3.02. The number of rotatable bonds is 9. The first-order chi connectivity index (χ1) is 14.7. The standard InChI is InChI=1S/C23H26N4O3/c1-2-30-15-5-14-27-20-7-4-3-6-19(20)25-23(27)26-22(29)17-10-12-18(13-11-17)24-21(28)16-8-9-16/h3-4,6-7,10-13,16H,2,5,8-9,14-15H2,1H3,(H,24,28)(H,25,26,29).